The van der Waals surface area contributed by atoms with E-state index < -0.39 is 0 Å². The number of hydrogen-bond donors (Lipinski definition) is 2. The molecule has 0 atom stereocenters. The van der Waals surface area contributed by atoms with Gasteiger partial charge in [-0.05, 0) is 42.0 Å². The number of carbonyl (C=O) groups is 1. The predicted molar refractivity (Wildman–Crippen MR) is 127 cm³/mol. The second kappa shape index (κ2) is 8.35. The fraction of sp³-hybridized carbons (Fsp3) is 0.0385. The van der Waals surface area contributed by atoms with E-state index in [4.69, 9.17) is 4.74 Å². The van der Waals surface area contributed by atoms with Crippen molar-refractivity contribution < 1.29 is 9.53 Å². The summed E-state index contributed by atoms with van der Waals surface area (Å²) in [6.07, 6.45) is 1.58. The third-order valence-electron chi connectivity index (χ3n) is 5.27. The maximum absolute atomic E-state index is 12.9. The molecule has 5 rings (SSSR count). The number of fused-ring (bicyclic) bond motifs is 3. The number of hydrazone groups is 1. The van der Waals surface area contributed by atoms with Gasteiger partial charge in [0.05, 0.1) is 24.5 Å². The Morgan fingerprint density at radius 3 is 2.50 bits per heavy atom. The van der Waals surface area contributed by atoms with Crippen LogP contribution in [0, 0.1) is 0 Å². The summed E-state index contributed by atoms with van der Waals surface area (Å²) in [7, 11) is 1.62. The van der Waals surface area contributed by atoms with Crippen LogP contribution in [0.4, 0.5) is 0 Å². The molecular formula is C26H20N4O2. The molecule has 0 bridgehead atoms. The summed E-state index contributed by atoms with van der Waals surface area (Å²) in [6.45, 7) is 0. The number of methoxy groups -OCH3 is 1. The molecule has 0 saturated carbocycles. The zero-order valence-corrected chi connectivity index (χ0v) is 17.4. The Morgan fingerprint density at radius 2 is 1.72 bits per heavy atom. The van der Waals surface area contributed by atoms with Crippen LogP contribution in [0.25, 0.3) is 33.1 Å². The summed E-state index contributed by atoms with van der Waals surface area (Å²) in [5.41, 5.74) is 7.28. The first-order valence-corrected chi connectivity index (χ1v) is 10.2. The van der Waals surface area contributed by atoms with Crippen molar-refractivity contribution in [3.8, 4) is 17.0 Å². The minimum atomic E-state index is -0.376. The first-order chi connectivity index (χ1) is 15.7. The number of aromatic nitrogens is 2. The van der Waals surface area contributed by atoms with E-state index in [1.54, 1.807) is 19.4 Å². The summed E-state index contributed by atoms with van der Waals surface area (Å²) < 4.78 is 5.15. The van der Waals surface area contributed by atoms with Crippen LogP contribution < -0.4 is 10.2 Å². The van der Waals surface area contributed by atoms with Crippen LogP contribution in [0.2, 0.25) is 0 Å². The zero-order valence-electron chi connectivity index (χ0n) is 17.4. The van der Waals surface area contributed by atoms with Crippen LogP contribution in [0.1, 0.15) is 16.1 Å². The highest BCUT2D eigenvalue weighted by Gasteiger charge is 2.16. The van der Waals surface area contributed by atoms with E-state index in [9.17, 15) is 4.79 Å². The first kappa shape index (κ1) is 19.5. The molecule has 156 valence electrons. The molecule has 0 aliphatic carbocycles. The van der Waals surface area contributed by atoms with Crippen LogP contribution >= 0.6 is 0 Å². The SMILES string of the molecule is COc1ccc(/C=N/NC(=O)c2cc3c([nH]c4ccccc43)c(-c3ccccc3)n2)cc1. The number of benzene rings is 3. The molecule has 0 saturated heterocycles. The summed E-state index contributed by atoms with van der Waals surface area (Å²) in [4.78, 5) is 21.0. The van der Waals surface area contributed by atoms with Crippen molar-refractivity contribution in [3.05, 3.63) is 96.2 Å². The minimum Gasteiger partial charge on any atom is -0.497 e. The third kappa shape index (κ3) is 3.70. The number of amides is 1. The minimum absolute atomic E-state index is 0.299. The van der Waals surface area contributed by atoms with E-state index in [1.165, 1.54) is 0 Å². The maximum atomic E-state index is 12.9. The Balaban J connectivity index is 1.52. The lowest BCUT2D eigenvalue weighted by Gasteiger charge is -2.07. The van der Waals surface area contributed by atoms with Gasteiger partial charge < -0.3 is 9.72 Å². The van der Waals surface area contributed by atoms with Crippen molar-refractivity contribution in [2.75, 3.05) is 7.11 Å². The molecule has 6 nitrogen and oxygen atoms in total. The molecule has 0 aliphatic rings. The highest BCUT2D eigenvalue weighted by atomic mass is 16.5. The molecule has 2 N–H and O–H groups in total. The fourth-order valence-electron chi connectivity index (χ4n) is 3.68. The average molecular weight is 420 g/mol. The molecular weight excluding hydrogens is 400 g/mol. The first-order valence-electron chi connectivity index (χ1n) is 10.2. The van der Waals surface area contributed by atoms with Gasteiger partial charge in [-0.15, -0.1) is 0 Å². The highest BCUT2D eigenvalue weighted by Crippen LogP contribution is 2.32. The third-order valence-corrected chi connectivity index (χ3v) is 5.27. The van der Waals surface area contributed by atoms with Gasteiger partial charge in [0.25, 0.3) is 5.91 Å². The van der Waals surface area contributed by atoms with E-state index in [-0.39, 0.29) is 5.91 Å². The fourth-order valence-corrected chi connectivity index (χ4v) is 3.68. The second-order valence-corrected chi connectivity index (χ2v) is 7.29. The van der Waals surface area contributed by atoms with Crippen LogP contribution in [0.15, 0.2) is 90.0 Å². The van der Waals surface area contributed by atoms with Gasteiger partial charge in [-0.1, -0.05) is 48.5 Å². The van der Waals surface area contributed by atoms with Gasteiger partial charge in [-0.25, -0.2) is 10.4 Å². The van der Waals surface area contributed by atoms with Gasteiger partial charge in [0.1, 0.15) is 11.4 Å². The lowest BCUT2D eigenvalue weighted by atomic mass is 10.1. The Morgan fingerprint density at radius 1 is 0.969 bits per heavy atom. The van der Waals surface area contributed by atoms with Crippen LogP contribution in [0.5, 0.6) is 5.75 Å². The quantitative estimate of drug-likeness (QED) is 0.305. The number of aromatic amines is 1. The number of para-hydroxylation sites is 1. The maximum Gasteiger partial charge on any atom is 0.289 e. The largest absolute Gasteiger partial charge is 0.497 e. The molecule has 2 aromatic heterocycles. The molecule has 0 aliphatic heterocycles. The van der Waals surface area contributed by atoms with Gasteiger partial charge in [0.15, 0.2) is 0 Å². The van der Waals surface area contributed by atoms with Crippen molar-refractivity contribution in [3.63, 3.8) is 0 Å². The number of rotatable bonds is 5. The van der Waals surface area contributed by atoms with Gasteiger partial charge in [-0.2, -0.15) is 5.10 Å². The van der Waals surface area contributed by atoms with E-state index in [0.29, 0.717) is 5.69 Å². The molecule has 0 radical (unpaired) electrons. The van der Waals surface area contributed by atoms with E-state index in [0.717, 1.165) is 44.4 Å². The van der Waals surface area contributed by atoms with Crippen LogP contribution in [0.3, 0.4) is 0 Å². The Kier molecular flexibility index (Phi) is 5.09. The smallest absolute Gasteiger partial charge is 0.289 e. The van der Waals surface area contributed by atoms with E-state index in [1.807, 2.05) is 78.9 Å². The molecule has 32 heavy (non-hydrogen) atoms. The number of nitrogens with zero attached hydrogens (tertiary/aromatic N) is 2. The van der Waals surface area contributed by atoms with Crippen molar-refractivity contribution >= 4 is 33.9 Å². The number of H-pyrrole nitrogens is 1. The number of carbonyl (C=O) groups excluding carboxylic acids is 1. The highest BCUT2D eigenvalue weighted by molar-refractivity contribution is 6.13. The van der Waals surface area contributed by atoms with Crippen LogP contribution in [-0.4, -0.2) is 29.2 Å². The summed E-state index contributed by atoms with van der Waals surface area (Å²) in [6, 6.07) is 27.0. The predicted octanol–water partition coefficient (Wildman–Crippen LogP) is 5.16. The van der Waals surface area contributed by atoms with Gasteiger partial charge in [0.2, 0.25) is 0 Å². The summed E-state index contributed by atoms with van der Waals surface area (Å²) >= 11 is 0. The van der Waals surface area contributed by atoms with Crippen molar-refractivity contribution in [1.82, 2.24) is 15.4 Å². The molecule has 5 aromatic rings. The molecule has 3 aromatic carbocycles. The van der Waals surface area contributed by atoms with Crippen molar-refractivity contribution in [2.24, 2.45) is 5.10 Å². The van der Waals surface area contributed by atoms with Gasteiger partial charge in [0, 0.05) is 21.9 Å². The van der Waals surface area contributed by atoms with Gasteiger partial charge >= 0.3 is 0 Å². The molecule has 0 spiro atoms. The number of nitrogens with one attached hydrogen (secondary N) is 2. The molecule has 2 heterocycles. The molecule has 1 amide bonds. The Labute approximate surface area is 184 Å². The standard InChI is InChI=1S/C26H20N4O2/c1-32-19-13-11-17(12-14-19)16-27-30-26(31)23-15-21-20-9-5-6-10-22(20)28-25(21)24(29-23)18-7-3-2-4-8-18/h2-16,28H,1H3,(H,30,31)/b27-16+. The summed E-state index contributed by atoms with van der Waals surface area (Å²) in [5, 5.41) is 6.08. The topological polar surface area (TPSA) is 79.4 Å². The molecule has 0 unspecified atom stereocenters. The van der Waals surface area contributed by atoms with Crippen molar-refractivity contribution in [1.29, 1.82) is 0 Å². The Bertz CT molecular complexity index is 1440. The van der Waals surface area contributed by atoms with E-state index in [2.05, 4.69) is 20.5 Å². The zero-order chi connectivity index (χ0) is 21.9. The molecule has 0 fully saturated rings. The normalized spacial score (nSPS) is 11.3. The second-order valence-electron chi connectivity index (χ2n) is 7.29. The van der Waals surface area contributed by atoms with Gasteiger partial charge in [-0.3, -0.25) is 4.79 Å². The molecule has 6 heteroatoms. The van der Waals surface area contributed by atoms with Crippen molar-refractivity contribution in [2.45, 2.75) is 0 Å². The lowest BCUT2D eigenvalue weighted by molar-refractivity contribution is 0.0950. The Hall–Kier alpha value is -4.45. The van der Waals surface area contributed by atoms with E-state index >= 15 is 0 Å². The number of ether oxygens (including phenoxy) is 1. The monoisotopic (exact) mass is 420 g/mol. The van der Waals surface area contributed by atoms with Crippen LogP contribution in [-0.2, 0) is 0 Å². The lowest BCUT2D eigenvalue weighted by Crippen LogP contribution is -2.19. The average Bonchev–Trinajstić information content (AvgIpc) is 3.23. The summed E-state index contributed by atoms with van der Waals surface area (Å²) in [5.74, 6) is 0.384. The number of pyridine rings is 1. The number of hydrogen-bond acceptors (Lipinski definition) is 4.